The lowest BCUT2D eigenvalue weighted by molar-refractivity contribution is -0.434. The van der Waals surface area contributed by atoms with E-state index in [-0.39, 0.29) is 70.6 Å². The number of methoxy groups -OCH3 is 1. The van der Waals surface area contributed by atoms with Gasteiger partial charge in [0, 0.05) is 6.07 Å². The number of benzene rings is 2. The van der Waals surface area contributed by atoms with Crippen molar-refractivity contribution in [2.45, 2.75) is 14.7 Å². The maximum Gasteiger partial charge on any atom is 0.296 e. The minimum atomic E-state index is -5.05. The van der Waals surface area contributed by atoms with E-state index >= 15 is 0 Å². The molecule has 274 valence electrons. The van der Waals surface area contributed by atoms with Gasteiger partial charge in [-0.3, -0.25) is 12.9 Å². The molecule has 0 amide bonds. The van der Waals surface area contributed by atoms with Crippen molar-refractivity contribution in [2.24, 2.45) is 20.5 Å². The first kappa shape index (κ1) is 40.8. The summed E-state index contributed by atoms with van der Waals surface area (Å²) in [5.41, 5.74) is 10.9. The van der Waals surface area contributed by atoms with Crippen LogP contribution in [0.2, 0.25) is 0 Å². The lowest BCUT2D eigenvalue weighted by Gasteiger charge is -2.09. The Bertz CT molecular complexity index is 2030. The smallest absolute Gasteiger partial charge is 0.296 e. The number of hydrogen-bond donors (Lipinski definition) is 5. The molecule has 7 N–H and O–H groups in total. The Hall–Kier alpha value is -3.62. The lowest BCUT2D eigenvalue weighted by Crippen LogP contribution is -2.12. The zero-order valence-corrected chi connectivity index (χ0v) is 29.0. The second kappa shape index (κ2) is 18.6. The van der Waals surface area contributed by atoms with E-state index in [0.717, 1.165) is 24.3 Å². The summed E-state index contributed by atoms with van der Waals surface area (Å²) in [6.07, 6.45) is 0. The standard InChI is InChI=1S/C22H25N7O16S5/c1-39-19-5-3-13(48(32,33)8-6-40-46-44-42-30)10-16(19)27-29-18-12-17(21(23)25-22(18)24)28-26-15-4-2-14(11-20(15)50(36,37)38)49(34,35)9-7-41-47-45-43-31/h2-5,10-12,30-31H,6-9H2,1H3,(H4,23,24,25)(H,36,37,38). The summed E-state index contributed by atoms with van der Waals surface area (Å²) in [7, 11) is -11.8. The van der Waals surface area contributed by atoms with Gasteiger partial charge in [0.1, 0.15) is 33.4 Å². The maximum atomic E-state index is 12.7. The van der Waals surface area contributed by atoms with E-state index < -0.39 is 63.4 Å². The molecule has 0 aliphatic heterocycles. The van der Waals surface area contributed by atoms with Crippen molar-refractivity contribution >= 4 is 88.8 Å². The van der Waals surface area contributed by atoms with Crippen LogP contribution in [-0.4, -0.2) is 77.1 Å². The second-order valence-corrected chi connectivity index (χ2v) is 15.5. The van der Waals surface area contributed by atoms with Crippen molar-refractivity contribution in [2.75, 3.05) is 43.3 Å². The van der Waals surface area contributed by atoms with E-state index in [1.807, 2.05) is 0 Å². The normalized spacial score (nSPS) is 12.6. The summed E-state index contributed by atoms with van der Waals surface area (Å²) in [4.78, 5) is 2.28. The van der Waals surface area contributed by atoms with Gasteiger partial charge < -0.3 is 16.2 Å². The third kappa shape index (κ3) is 11.7. The third-order valence-corrected chi connectivity index (χ3v) is 10.7. The molecule has 0 fully saturated rings. The van der Waals surface area contributed by atoms with Gasteiger partial charge in [0.05, 0.1) is 41.6 Å². The largest absolute Gasteiger partial charge is 0.494 e. The molecule has 0 aliphatic carbocycles. The van der Waals surface area contributed by atoms with E-state index in [4.69, 9.17) is 35.1 Å². The predicted molar refractivity (Wildman–Crippen MR) is 171 cm³/mol. The summed E-state index contributed by atoms with van der Waals surface area (Å²) in [5.74, 6) is -1.58. The Morgan fingerprint density at radius 3 is 1.68 bits per heavy atom. The number of azo groups is 2. The van der Waals surface area contributed by atoms with Crippen molar-refractivity contribution in [3.63, 3.8) is 0 Å². The summed E-state index contributed by atoms with van der Waals surface area (Å²) in [6.45, 7) is -0.805. The molecule has 0 saturated heterocycles. The summed E-state index contributed by atoms with van der Waals surface area (Å²) in [5, 5.41) is 38.3. The third-order valence-electron chi connectivity index (χ3n) is 5.73. The fraction of sp³-hybridized carbons (Fsp3) is 0.227. The van der Waals surface area contributed by atoms with Gasteiger partial charge >= 0.3 is 0 Å². The van der Waals surface area contributed by atoms with Crippen LogP contribution < -0.4 is 16.2 Å². The molecule has 0 bridgehead atoms. The van der Waals surface area contributed by atoms with Gasteiger partial charge in [-0.1, -0.05) is 10.1 Å². The number of rotatable bonds is 20. The van der Waals surface area contributed by atoms with Crippen LogP contribution in [0.15, 0.2) is 77.6 Å². The average molecular weight is 804 g/mol. The van der Waals surface area contributed by atoms with Crippen LogP contribution in [0.25, 0.3) is 0 Å². The molecule has 3 rings (SSSR count). The van der Waals surface area contributed by atoms with Crippen LogP contribution in [-0.2, 0) is 56.9 Å². The first-order valence-electron chi connectivity index (χ1n) is 12.8. The minimum absolute atomic E-state index is 0.0501. The lowest BCUT2D eigenvalue weighted by atomic mass is 10.3. The van der Waals surface area contributed by atoms with Crippen molar-refractivity contribution < 1.29 is 72.2 Å². The Labute approximate surface area is 291 Å². The van der Waals surface area contributed by atoms with Crippen molar-refractivity contribution in [3.05, 3.63) is 42.5 Å². The number of pyridine rings is 1. The van der Waals surface area contributed by atoms with Gasteiger partial charge in [0.2, 0.25) is 0 Å². The molecule has 0 spiro atoms. The molecule has 0 atom stereocenters. The summed E-state index contributed by atoms with van der Waals surface area (Å²) >= 11 is 0.345. The number of nitrogens with two attached hydrogens (primary N) is 2. The number of anilines is 2. The second-order valence-electron chi connectivity index (χ2n) is 8.84. The Kier molecular flexibility index (Phi) is 15.2. The molecule has 2 aromatic carbocycles. The monoisotopic (exact) mass is 803 g/mol. The van der Waals surface area contributed by atoms with Crippen LogP contribution >= 0.6 is 24.6 Å². The molecule has 28 heteroatoms. The average Bonchev–Trinajstić information content (AvgIpc) is 3.06. The summed E-state index contributed by atoms with van der Waals surface area (Å²) < 4.78 is 107. The van der Waals surface area contributed by atoms with Gasteiger partial charge in [-0.25, -0.2) is 32.3 Å². The maximum absolute atomic E-state index is 12.7. The zero-order chi connectivity index (χ0) is 37.0. The first-order chi connectivity index (χ1) is 23.6. The molecule has 1 aromatic heterocycles. The highest BCUT2D eigenvalue weighted by Gasteiger charge is 2.23. The van der Waals surface area contributed by atoms with Gasteiger partial charge in [-0.05, 0) is 36.4 Å². The molecule has 0 aliphatic rings. The van der Waals surface area contributed by atoms with Crippen LogP contribution in [0.3, 0.4) is 0 Å². The molecule has 3 aromatic rings. The highest BCUT2D eigenvalue weighted by molar-refractivity contribution is 7.92. The zero-order valence-electron chi connectivity index (χ0n) is 25.0. The van der Waals surface area contributed by atoms with Gasteiger partial charge in [0.25, 0.3) is 10.1 Å². The number of nitrogens with zero attached hydrogens (tertiary/aromatic N) is 5. The Morgan fingerprint density at radius 2 is 1.18 bits per heavy atom. The number of nitrogen functional groups attached to an aromatic ring is 2. The molecular formula is C22H25N7O16S5. The quantitative estimate of drug-likeness (QED) is 0.0270. The molecule has 0 unspecified atom stereocenters. The minimum Gasteiger partial charge on any atom is -0.494 e. The van der Waals surface area contributed by atoms with Crippen LogP contribution in [0.1, 0.15) is 0 Å². The molecule has 50 heavy (non-hydrogen) atoms. The van der Waals surface area contributed by atoms with Crippen molar-refractivity contribution in [3.8, 4) is 5.75 Å². The van der Waals surface area contributed by atoms with E-state index in [0.29, 0.717) is 6.07 Å². The molecule has 0 saturated carbocycles. The number of ether oxygens (including phenoxy) is 1. The fourth-order valence-electron chi connectivity index (χ4n) is 3.47. The summed E-state index contributed by atoms with van der Waals surface area (Å²) in [6, 6.07) is 7.50. The highest BCUT2D eigenvalue weighted by atomic mass is 32.2. The van der Waals surface area contributed by atoms with Crippen LogP contribution in [0.5, 0.6) is 5.75 Å². The molecule has 0 radical (unpaired) electrons. The number of hydrogen-bond acceptors (Lipinski definition) is 24. The van der Waals surface area contributed by atoms with E-state index in [1.54, 1.807) is 0 Å². The van der Waals surface area contributed by atoms with Gasteiger partial charge in [-0.2, -0.15) is 8.42 Å². The van der Waals surface area contributed by atoms with Crippen molar-refractivity contribution in [1.82, 2.24) is 4.98 Å². The van der Waals surface area contributed by atoms with Crippen molar-refractivity contribution in [1.29, 1.82) is 0 Å². The topological polar surface area (TPSA) is 342 Å². The molecule has 23 nitrogen and oxygen atoms in total. The van der Waals surface area contributed by atoms with Gasteiger partial charge in [-0.15, -0.1) is 29.1 Å². The molecular weight excluding hydrogens is 779 g/mol. The van der Waals surface area contributed by atoms with Crippen LogP contribution in [0.4, 0.5) is 34.4 Å². The SMILES string of the molecule is COc1ccc(S(=O)(=O)CCOSOOO)cc1N=Nc1cc(N=Nc2ccc(S(=O)(=O)CCOSOOO)cc2S(=O)(=O)O)c(N)nc1N. The molecule has 1 heterocycles. The Balaban J connectivity index is 1.90. The Morgan fingerprint density at radius 1 is 0.700 bits per heavy atom. The first-order valence-corrected chi connectivity index (χ1v) is 18.9. The van der Waals surface area contributed by atoms with E-state index in [9.17, 15) is 29.8 Å². The van der Waals surface area contributed by atoms with Gasteiger partial charge in [0.15, 0.2) is 56.0 Å². The number of aromatic nitrogens is 1. The number of sulfone groups is 2. The van der Waals surface area contributed by atoms with E-state index in [2.05, 4.69) is 44.2 Å². The fourth-order valence-corrected chi connectivity index (χ4v) is 7.05. The predicted octanol–water partition coefficient (Wildman–Crippen LogP) is 3.88. The van der Waals surface area contributed by atoms with E-state index in [1.165, 1.54) is 19.2 Å². The van der Waals surface area contributed by atoms with Crippen LogP contribution in [0, 0.1) is 0 Å². The highest BCUT2D eigenvalue weighted by Crippen LogP contribution is 2.36.